The maximum atomic E-state index is 12.4. The van der Waals surface area contributed by atoms with Crippen molar-refractivity contribution in [3.63, 3.8) is 0 Å². The van der Waals surface area contributed by atoms with Gasteiger partial charge in [0.2, 0.25) is 0 Å². The van der Waals surface area contributed by atoms with E-state index in [-0.39, 0.29) is 13.2 Å². The van der Waals surface area contributed by atoms with E-state index in [1.54, 1.807) is 12.1 Å². The number of allylic oxidation sites excluding steroid dienone is 1. The van der Waals surface area contributed by atoms with Crippen LogP contribution in [0.3, 0.4) is 0 Å². The molecule has 0 aliphatic carbocycles. The molecule has 0 aromatic heterocycles. The van der Waals surface area contributed by atoms with Crippen molar-refractivity contribution in [3.8, 4) is 5.75 Å². The highest BCUT2D eigenvalue weighted by Gasteiger charge is 2.27. The van der Waals surface area contributed by atoms with Crippen LogP contribution in [0, 0.1) is 0 Å². The van der Waals surface area contributed by atoms with Gasteiger partial charge in [0, 0.05) is 0 Å². The summed E-state index contributed by atoms with van der Waals surface area (Å²) in [6, 6.07) is 7.16. The first-order valence-corrected chi connectivity index (χ1v) is 8.77. The highest BCUT2D eigenvalue weighted by molar-refractivity contribution is 14.1. The standard InChI is InChI=1S/C15H18IO4P/c1-4-10-18-21(17,19-11-5-2)20-15-8-6-14(7-9-15)12-13(3)16/h4-9,12H,1-2,10-11H2,3H3/b13-12+. The van der Waals surface area contributed by atoms with Crippen LogP contribution in [-0.4, -0.2) is 13.2 Å². The fourth-order valence-corrected chi connectivity index (χ4v) is 2.86. The number of rotatable bonds is 9. The van der Waals surface area contributed by atoms with Crippen LogP contribution in [0.15, 0.2) is 53.2 Å². The summed E-state index contributed by atoms with van der Waals surface area (Å²) in [7, 11) is -3.68. The number of phosphoric acid groups is 1. The van der Waals surface area contributed by atoms with Crippen LogP contribution in [0.5, 0.6) is 5.75 Å². The molecule has 0 heterocycles. The van der Waals surface area contributed by atoms with E-state index in [1.807, 2.05) is 25.1 Å². The quantitative estimate of drug-likeness (QED) is 0.306. The second-order valence-corrected chi connectivity index (χ2v) is 7.30. The predicted molar refractivity (Wildman–Crippen MR) is 94.6 cm³/mol. The third kappa shape index (κ3) is 7.09. The van der Waals surface area contributed by atoms with Crippen molar-refractivity contribution in [1.29, 1.82) is 0 Å². The first-order valence-electron chi connectivity index (χ1n) is 6.23. The summed E-state index contributed by atoms with van der Waals surface area (Å²) in [5, 5.41) is 0. The van der Waals surface area contributed by atoms with Crippen LogP contribution in [0.25, 0.3) is 6.08 Å². The number of hydrogen-bond acceptors (Lipinski definition) is 4. The molecule has 0 saturated heterocycles. The van der Waals surface area contributed by atoms with Gasteiger partial charge in [-0.2, -0.15) is 0 Å². The molecule has 0 radical (unpaired) electrons. The zero-order chi connectivity index (χ0) is 15.7. The normalized spacial score (nSPS) is 12.0. The minimum Gasteiger partial charge on any atom is -0.404 e. The molecule has 1 rings (SSSR count). The molecular formula is C15H18IO4P. The van der Waals surface area contributed by atoms with E-state index in [4.69, 9.17) is 13.6 Å². The average molecular weight is 420 g/mol. The van der Waals surface area contributed by atoms with Crippen molar-refractivity contribution in [2.75, 3.05) is 13.2 Å². The Labute approximate surface area is 139 Å². The van der Waals surface area contributed by atoms with Gasteiger partial charge in [-0.25, -0.2) is 4.57 Å². The summed E-state index contributed by atoms with van der Waals surface area (Å²) in [6.45, 7) is 9.16. The maximum Gasteiger partial charge on any atom is 0.530 e. The van der Waals surface area contributed by atoms with Crippen molar-refractivity contribution in [2.24, 2.45) is 0 Å². The van der Waals surface area contributed by atoms with Crippen molar-refractivity contribution in [3.05, 3.63) is 58.7 Å². The monoisotopic (exact) mass is 420 g/mol. The van der Waals surface area contributed by atoms with Gasteiger partial charge in [-0.3, -0.25) is 9.05 Å². The van der Waals surface area contributed by atoms with Crippen molar-refractivity contribution in [1.82, 2.24) is 0 Å². The second-order valence-electron chi connectivity index (χ2n) is 4.01. The summed E-state index contributed by atoms with van der Waals surface area (Å²) < 4.78 is 29.1. The maximum absolute atomic E-state index is 12.4. The first kappa shape index (κ1) is 18.2. The average Bonchev–Trinajstić information content (AvgIpc) is 2.45. The molecule has 21 heavy (non-hydrogen) atoms. The van der Waals surface area contributed by atoms with E-state index in [9.17, 15) is 4.57 Å². The van der Waals surface area contributed by atoms with Crippen LogP contribution < -0.4 is 4.52 Å². The Morgan fingerprint density at radius 3 is 2.14 bits per heavy atom. The van der Waals surface area contributed by atoms with E-state index in [1.165, 1.54) is 12.2 Å². The molecule has 0 spiro atoms. The molecule has 0 aliphatic rings. The van der Waals surface area contributed by atoms with Crippen LogP contribution >= 0.6 is 30.4 Å². The Balaban J connectivity index is 2.82. The number of benzene rings is 1. The second kappa shape index (κ2) is 9.20. The molecule has 0 unspecified atom stereocenters. The number of halogens is 1. The molecule has 1 aromatic carbocycles. The van der Waals surface area contributed by atoms with Crippen LogP contribution in [0.1, 0.15) is 12.5 Å². The topological polar surface area (TPSA) is 44.8 Å². The molecule has 0 N–H and O–H groups in total. The van der Waals surface area contributed by atoms with Crippen molar-refractivity contribution < 1.29 is 18.1 Å². The van der Waals surface area contributed by atoms with Gasteiger partial charge >= 0.3 is 7.82 Å². The molecule has 6 heteroatoms. The van der Waals surface area contributed by atoms with Gasteiger partial charge in [0.1, 0.15) is 5.75 Å². The molecule has 114 valence electrons. The molecule has 0 saturated carbocycles. The van der Waals surface area contributed by atoms with Crippen molar-refractivity contribution in [2.45, 2.75) is 6.92 Å². The molecule has 0 bridgehead atoms. The van der Waals surface area contributed by atoms with Crippen LogP contribution in [0.2, 0.25) is 0 Å². The highest BCUT2D eigenvalue weighted by Crippen LogP contribution is 2.49. The summed E-state index contributed by atoms with van der Waals surface area (Å²) >= 11 is 2.23. The van der Waals surface area contributed by atoms with Crippen molar-refractivity contribution >= 4 is 36.5 Å². The molecule has 0 amide bonds. The lowest BCUT2D eigenvalue weighted by Gasteiger charge is -2.17. The van der Waals surface area contributed by atoms with Gasteiger partial charge in [-0.1, -0.05) is 24.3 Å². The van der Waals surface area contributed by atoms with E-state index >= 15 is 0 Å². The Hall–Kier alpha value is -0.880. The fourth-order valence-electron chi connectivity index (χ4n) is 1.36. The molecule has 1 aromatic rings. The van der Waals surface area contributed by atoms with Gasteiger partial charge < -0.3 is 4.52 Å². The van der Waals surface area contributed by atoms with E-state index in [0.29, 0.717) is 5.75 Å². The Kier molecular flexibility index (Phi) is 7.96. The van der Waals surface area contributed by atoms with Crippen LogP contribution in [0.4, 0.5) is 0 Å². The largest absolute Gasteiger partial charge is 0.530 e. The lowest BCUT2D eigenvalue weighted by molar-refractivity contribution is 0.181. The fraction of sp³-hybridized carbons (Fsp3) is 0.200. The van der Waals surface area contributed by atoms with Gasteiger partial charge in [-0.05, 0) is 56.9 Å². The molecule has 4 nitrogen and oxygen atoms in total. The minimum absolute atomic E-state index is 0.0727. The summed E-state index contributed by atoms with van der Waals surface area (Å²) in [5.74, 6) is 0.412. The summed E-state index contributed by atoms with van der Waals surface area (Å²) in [5.41, 5.74) is 1.03. The molecule has 0 atom stereocenters. The SMILES string of the molecule is C=CCOP(=O)(OCC=C)Oc1ccc(/C=C(\C)I)cc1. The van der Waals surface area contributed by atoms with Gasteiger partial charge in [0.05, 0.1) is 13.2 Å². The Morgan fingerprint density at radius 1 is 1.19 bits per heavy atom. The molecular weight excluding hydrogens is 402 g/mol. The van der Waals surface area contributed by atoms with E-state index in [0.717, 1.165) is 9.14 Å². The predicted octanol–water partition coefficient (Wildman–Crippen LogP) is 5.37. The summed E-state index contributed by atoms with van der Waals surface area (Å²) in [6.07, 6.45) is 4.97. The van der Waals surface area contributed by atoms with Gasteiger partial charge in [0.25, 0.3) is 0 Å². The third-order valence-corrected chi connectivity index (χ3v) is 3.84. The Bertz CT molecular complexity index is 531. The zero-order valence-corrected chi connectivity index (χ0v) is 14.9. The number of hydrogen-bond donors (Lipinski definition) is 0. The Morgan fingerprint density at radius 2 is 1.71 bits per heavy atom. The molecule has 0 aliphatic heterocycles. The zero-order valence-electron chi connectivity index (χ0n) is 11.8. The number of phosphoric ester groups is 1. The first-order chi connectivity index (χ1) is 9.99. The van der Waals surface area contributed by atoms with E-state index in [2.05, 4.69) is 35.7 Å². The lowest BCUT2D eigenvalue weighted by Crippen LogP contribution is -2.03. The minimum atomic E-state index is -3.68. The van der Waals surface area contributed by atoms with E-state index < -0.39 is 7.82 Å². The van der Waals surface area contributed by atoms with Gasteiger partial charge in [-0.15, -0.1) is 13.2 Å². The summed E-state index contributed by atoms with van der Waals surface area (Å²) in [4.78, 5) is 0. The van der Waals surface area contributed by atoms with Gasteiger partial charge in [0.15, 0.2) is 0 Å². The highest BCUT2D eigenvalue weighted by atomic mass is 127. The lowest BCUT2D eigenvalue weighted by atomic mass is 10.2. The smallest absolute Gasteiger partial charge is 0.404 e. The third-order valence-electron chi connectivity index (χ3n) is 2.16. The van der Waals surface area contributed by atoms with Crippen LogP contribution in [-0.2, 0) is 13.6 Å². The molecule has 0 fully saturated rings.